The molecule has 1 unspecified atom stereocenters. The first-order chi connectivity index (χ1) is 6.20. The fourth-order valence-electron chi connectivity index (χ4n) is 0.893. The fraction of sp³-hybridized carbons (Fsp3) is 0.778. The van der Waals surface area contributed by atoms with Crippen molar-refractivity contribution in [2.24, 2.45) is 0 Å². The number of unbranched alkanes of at least 4 members (excludes halogenated alkanes) is 1. The van der Waals surface area contributed by atoms with Crippen LogP contribution in [0.25, 0.3) is 0 Å². The van der Waals surface area contributed by atoms with Crippen molar-refractivity contribution in [2.75, 3.05) is 6.61 Å². The van der Waals surface area contributed by atoms with Crippen LogP contribution in [0.4, 0.5) is 0 Å². The van der Waals surface area contributed by atoms with Crippen molar-refractivity contribution in [1.82, 2.24) is 0 Å². The van der Waals surface area contributed by atoms with Gasteiger partial charge in [-0.05, 0) is 18.2 Å². The molecule has 0 amide bonds. The SMILES string of the molecule is CCCCC(COC(C)=O)SC#N. The van der Waals surface area contributed by atoms with Crippen LogP contribution >= 0.6 is 11.8 Å². The maximum absolute atomic E-state index is 10.5. The quantitative estimate of drug-likeness (QED) is 0.489. The number of ether oxygens (including phenoxy) is 1. The molecular weight excluding hydrogens is 186 g/mol. The number of thioether (sulfide) groups is 1. The molecule has 0 bridgehead atoms. The molecule has 0 N–H and O–H groups in total. The zero-order valence-corrected chi connectivity index (χ0v) is 8.89. The molecule has 1 atom stereocenters. The van der Waals surface area contributed by atoms with Gasteiger partial charge in [-0.3, -0.25) is 4.79 Å². The molecule has 3 nitrogen and oxygen atoms in total. The zero-order chi connectivity index (χ0) is 10.1. The Kier molecular flexibility index (Phi) is 7.51. The van der Waals surface area contributed by atoms with Crippen LogP contribution < -0.4 is 0 Å². The minimum Gasteiger partial charge on any atom is -0.465 e. The maximum atomic E-state index is 10.5. The first-order valence-corrected chi connectivity index (χ1v) is 5.26. The van der Waals surface area contributed by atoms with Gasteiger partial charge in [0.1, 0.15) is 12.0 Å². The highest BCUT2D eigenvalue weighted by atomic mass is 32.2. The van der Waals surface area contributed by atoms with Gasteiger partial charge >= 0.3 is 5.97 Å². The van der Waals surface area contributed by atoms with E-state index in [0.717, 1.165) is 19.3 Å². The summed E-state index contributed by atoms with van der Waals surface area (Å²) in [5.74, 6) is -0.278. The monoisotopic (exact) mass is 201 g/mol. The summed E-state index contributed by atoms with van der Waals surface area (Å²) in [7, 11) is 0. The second kappa shape index (κ2) is 7.93. The highest BCUT2D eigenvalue weighted by Crippen LogP contribution is 2.16. The molecule has 0 aliphatic rings. The molecule has 0 saturated heterocycles. The summed E-state index contributed by atoms with van der Waals surface area (Å²) in [6.07, 6.45) is 3.10. The highest BCUT2D eigenvalue weighted by Gasteiger charge is 2.10. The van der Waals surface area contributed by atoms with Gasteiger partial charge in [-0.25, -0.2) is 0 Å². The van der Waals surface area contributed by atoms with Crippen LogP contribution in [0.1, 0.15) is 33.1 Å². The third-order valence-electron chi connectivity index (χ3n) is 1.57. The summed E-state index contributed by atoms with van der Waals surface area (Å²) >= 11 is 1.19. The van der Waals surface area contributed by atoms with E-state index in [4.69, 9.17) is 10.00 Å². The molecule has 0 aliphatic heterocycles. The topological polar surface area (TPSA) is 50.1 Å². The summed E-state index contributed by atoms with van der Waals surface area (Å²) in [5, 5.41) is 10.6. The Labute approximate surface area is 83.4 Å². The molecule has 0 rings (SSSR count). The van der Waals surface area contributed by atoms with Crippen molar-refractivity contribution in [2.45, 2.75) is 38.4 Å². The van der Waals surface area contributed by atoms with E-state index >= 15 is 0 Å². The molecule has 0 spiro atoms. The van der Waals surface area contributed by atoms with Gasteiger partial charge in [0.2, 0.25) is 0 Å². The van der Waals surface area contributed by atoms with Crippen molar-refractivity contribution < 1.29 is 9.53 Å². The van der Waals surface area contributed by atoms with Gasteiger partial charge in [0, 0.05) is 6.92 Å². The van der Waals surface area contributed by atoms with E-state index in [9.17, 15) is 4.79 Å². The van der Waals surface area contributed by atoms with Crippen LogP contribution in [0.3, 0.4) is 0 Å². The molecule has 74 valence electrons. The Morgan fingerprint density at radius 3 is 2.85 bits per heavy atom. The van der Waals surface area contributed by atoms with Gasteiger partial charge in [-0.1, -0.05) is 19.8 Å². The Morgan fingerprint density at radius 1 is 1.69 bits per heavy atom. The van der Waals surface area contributed by atoms with Crippen molar-refractivity contribution >= 4 is 17.7 Å². The average molecular weight is 201 g/mol. The number of rotatable bonds is 6. The Hall–Kier alpha value is -0.690. The molecule has 4 heteroatoms. The third-order valence-corrected chi connectivity index (χ3v) is 2.38. The molecule has 0 radical (unpaired) electrons. The Morgan fingerprint density at radius 2 is 2.38 bits per heavy atom. The van der Waals surface area contributed by atoms with E-state index in [1.54, 1.807) is 0 Å². The van der Waals surface area contributed by atoms with Gasteiger partial charge in [0.05, 0.1) is 5.25 Å². The third kappa shape index (κ3) is 7.66. The lowest BCUT2D eigenvalue weighted by molar-refractivity contribution is -0.140. The molecule has 0 aromatic heterocycles. The highest BCUT2D eigenvalue weighted by molar-refractivity contribution is 8.04. The fourth-order valence-corrected chi connectivity index (χ4v) is 1.46. The van der Waals surface area contributed by atoms with E-state index in [0.29, 0.717) is 6.61 Å². The van der Waals surface area contributed by atoms with Crippen LogP contribution in [0.5, 0.6) is 0 Å². The van der Waals surface area contributed by atoms with E-state index in [1.165, 1.54) is 18.7 Å². The molecule has 0 aliphatic carbocycles. The predicted molar refractivity (Wildman–Crippen MR) is 53.2 cm³/mol. The first-order valence-electron chi connectivity index (χ1n) is 4.38. The van der Waals surface area contributed by atoms with E-state index in [1.807, 2.05) is 5.40 Å². The summed E-state index contributed by atoms with van der Waals surface area (Å²) in [6.45, 7) is 3.83. The van der Waals surface area contributed by atoms with Crippen LogP contribution in [-0.2, 0) is 9.53 Å². The Bertz CT molecular complexity index is 189. The van der Waals surface area contributed by atoms with Gasteiger partial charge in [0.25, 0.3) is 0 Å². The summed E-state index contributed by atoms with van der Waals surface area (Å²) in [4.78, 5) is 10.5. The van der Waals surface area contributed by atoms with Gasteiger partial charge in [-0.2, -0.15) is 5.26 Å². The molecule has 0 fully saturated rings. The lowest BCUT2D eigenvalue weighted by Gasteiger charge is -2.11. The van der Waals surface area contributed by atoms with E-state index in [2.05, 4.69) is 6.92 Å². The number of hydrogen-bond donors (Lipinski definition) is 0. The minimum absolute atomic E-state index is 0.133. The standard InChI is InChI=1S/C9H15NO2S/c1-3-4-5-9(13-7-10)6-12-8(2)11/h9H,3-6H2,1-2H3. The predicted octanol–water partition coefficient (Wildman–Crippen LogP) is 2.32. The number of thiocyanates is 1. The average Bonchev–Trinajstić information content (AvgIpc) is 2.09. The van der Waals surface area contributed by atoms with Crippen molar-refractivity contribution in [1.29, 1.82) is 5.26 Å². The second-order valence-electron chi connectivity index (χ2n) is 2.78. The summed E-state index contributed by atoms with van der Waals surface area (Å²) in [5.41, 5.74) is 0. The van der Waals surface area contributed by atoms with E-state index < -0.39 is 0 Å². The molecule has 13 heavy (non-hydrogen) atoms. The molecule has 0 aromatic carbocycles. The molecule has 0 saturated carbocycles. The van der Waals surface area contributed by atoms with Crippen LogP contribution in [0.15, 0.2) is 0 Å². The van der Waals surface area contributed by atoms with Gasteiger partial charge in [0.15, 0.2) is 0 Å². The van der Waals surface area contributed by atoms with Crippen molar-refractivity contribution in [3.05, 3.63) is 0 Å². The number of hydrogen-bond acceptors (Lipinski definition) is 4. The summed E-state index contributed by atoms with van der Waals surface area (Å²) in [6, 6.07) is 0. The maximum Gasteiger partial charge on any atom is 0.302 e. The summed E-state index contributed by atoms with van der Waals surface area (Å²) < 4.78 is 4.84. The van der Waals surface area contributed by atoms with Crippen molar-refractivity contribution in [3.63, 3.8) is 0 Å². The molecule has 0 aromatic rings. The number of carbonyl (C=O) groups is 1. The van der Waals surface area contributed by atoms with Crippen LogP contribution in [0.2, 0.25) is 0 Å². The number of nitriles is 1. The van der Waals surface area contributed by atoms with Crippen molar-refractivity contribution in [3.8, 4) is 5.40 Å². The largest absolute Gasteiger partial charge is 0.465 e. The van der Waals surface area contributed by atoms with Gasteiger partial charge < -0.3 is 4.74 Å². The normalized spacial score (nSPS) is 11.8. The number of nitrogens with zero attached hydrogens (tertiary/aromatic N) is 1. The zero-order valence-electron chi connectivity index (χ0n) is 8.08. The Balaban J connectivity index is 3.67. The van der Waals surface area contributed by atoms with Gasteiger partial charge in [-0.15, -0.1) is 0 Å². The minimum atomic E-state index is -0.278. The molecule has 0 heterocycles. The lowest BCUT2D eigenvalue weighted by atomic mass is 10.2. The smallest absolute Gasteiger partial charge is 0.302 e. The van der Waals surface area contributed by atoms with Crippen LogP contribution in [-0.4, -0.2) is 17.8 Å². The first kappa shape index (κ1) is 12.3. The van der Waals surface area contributed by atoms with E-state index in [-0.39, 0.29) is 11.2 Å². The number of esters is 1. The molecular formula is C9H15NO2S. The van der Waals surface area contributed by atoms with Crippen LogP contribution in [0, 0.1) is 10.7 Å². The lowest BCUT2D eigenvalue weighted by Crippen LogP contribution is -2.13. The second-order valence-corrected chi connectivity index (χ2v) is 3.86. The number of carbonyl (C=O) groups excluding carboxylic acids is 1.